The van der Waals surface area contributed by atoms with Gasteiger partial charge in [0.2, 0.25) is 0 Å². The van der Waals surface area contributed by atoms with E-state index in [1.165, 1.54) is 65.0 Å². The molecular formula is C84H66N4O16. The maximum absolute atomic E-state index is 13.9. The lowest BCUT2D eigenvalue weighted by molar-refractivity contribution is 0.00899. The average Bonchev–Trinajstić information content (AvgIpc) is 1.53. The second-order valence-electron chi connectivity index (χ2n) is 26.4. The van der Waals surface area contributed by atoms with Gasteiger partial charge in [0, 0.05) is 14.1 Å². The van der Waals surface area contributed by atoms with E-state index in [-0.39, 0.29) is 75.9 Å². The zero-order chi connectivity index (χ0) is 73.2. The van der Waals surface area contributed by atoms with Gasteiger partial charge in [0.1, 0.15) is 25.4 Å². The Morgan fingerprint density at radius 3 is 1.18 bits per heavy atom. The van der Waals surface area contributed by atoms with E-state index in [0.717, 1.165) is 37.0 Å². The van der Waals surface area contributed by atoms with Crippen molar-refractivity contribution < 1.29 is 77.8 Å². The third-order valence-corrected chi connectivity index (χ3v) is 19.7. The normalized spacial score (nSPS) is 15.0. The number of benzene rings is 10. The first-order valence-electron chi connectivity index (χ1n) is 33.5. The van der Waals surface area contributed by atoms with Gasteiger partial charge in [-0.2, -0.15) is 0 Å². The lowest BCUT2D eigenvalue weighted by atomic mass is 9.67. The van der Waals surface area contributed by atoms with E-state index in [1.54, 1.807) is 85.8 Å². The highest BCUT2D eigenvalue weighted by Gasteiger charge is 2.47. The van der Waals surface area contributed by atoms with Crippen molar-refractivity contribution in [3.05, 3.63) is 329 Å². The number of amides is 8. The van der Waals surface area contributed by atoms with Crippen molar-refractivity contribution in [2.75, 3.05) is 50.3 Å². The molecule has 5 aliphatic rings. The van der Waals surface area contributed by atoms with E-state index in [4.69, 9.17) is 14.6 Å². The van der Waals surface area contributed by atoms with Crippen LogP contribution in [0.2, 0.25) is 0 Å². The standard InChI is InChI=1S/C44H30N2O4.C40H36N2O12/c1-26-11-15-29(16-12-26)44(38-9-5-3-7-32(38)33-8-4-6-10-39(33)44)30-17-19-31(20-18-30)46-42(49)35-22-14-28(25-37(35)43(46)50)23-27-13-21-34-36(24-27)41(48)45(2)40(34)47;1-21-3-4-22(13-30(21)39(51)53-19-26(45)17-43)11-25-7-10-34(33(16-25)40(52)54-20-27(46)18-44)42-37(49)29-9-6-24(15-32(29)38(42)50)12-23-5-8-28-31(14-23)36(48)41(2)35(28)47/h3-22,24-25H,23H2,1-2H3;3-10,13-16,26-27,43-46H,11-12,17-20H2,1-2H3. The second-order valence-corrected chi connectivity index (χ2v) is 26.4. The number of hydrogen-bond acceptors (Lipinski definition) is 16. The Hall–Kier alpha value is -12.5. The van der Waals surface area contributed by atoms with Gasteiger partial charge in [-0.15, -0.1) is 0 Å². The Morgan fingerprint density at radius 2 is 0.721 bits per heavy atom. The highest BCUT2D eigenvalue weighted by Crippen LogP contribution is 2.56. The van der Waals surface area contributed by atoms with Gasteiger partial charge in [0.25, 0.3) is 47.3 Å². The molecule has 4 heterocycles. The molecule has 518 valence electrons. The van der Waals surface area contributed by atoms with E-state index in [1.807, 2.05) is 36.4 Å². The van der Waals surface area contributed by atoms with Gasteiger partial charge in [0.05, 0.1) is 85.6 Å². The number of aryl methyl sites for hydroxylation is 2. The summed E-state index contributed by atoms with van der Waals surface area (Å²) in [6.07, 6.45) is -1.69. The Labute approximate surface area is 596 Å². The van der Waals surface area contributed by atoms with Crippen molar-refractivity contribution in [1.82, 2.24) is 9.80 Å². The minimum Gasteiger partial charge on any atom is -0.459 e. The van der Waals surface area contributed by atoms with Gasteiger partial charge >= 0.3 is 11.9 Å². The predicted octanol–water partition coefficient (Wildman–Crippen LogP) is 10.2. The molecule has 2 atom stereocenters. The zero-order valence-electron chi connectivity index (χ0n) is 56.7. The molecule has 0 aromatic heterocycles. The molecule has 4 N–H and O–H groups in total. The van der Waals surface area contributed by atoms with E-state index in [2.05, 4.69) is 79.7 Å². The maximum atomic E-state index is 13.9. The molecule has 0 spiro atoms. The topological polar surface area (TPSA) is 283 Å². The molecule has 10 aromatic carbocycles. The number of imide groups is 4. The number of anilines is 2. The third kappa shape index (κ3) is 12.0. The highest BCUT2D eigenvalue weighted by molar-refractivity contribution is 6.36. The van der Waals surface area contributed by atoms with E-state index in [0.29, 0.717) is 67.7 Å². The van der Waals surface area contributed by atoms with Crippen LogP contribution in [0.15, 0.2) is 206 Å². The number of aliphatic hydroxyl groups excluding tert-OH is 4. The van der Waals surface area contributed by atoms with Crippen molar-refractivity contribution in [3.63, 3.8) is 0 Å². The zero-order valence-corrected chi connectivity index (χ0v) is 56.7. The molecule has 0 saturated heterocycles. The SMILES string of the molecule is Cc1ccc(C2(c3ccc(N4C(=O)c5ccc(Cc6ccc7c(c6)C(=O)N(C)C7=O)cc5C4=O)cc3)c3ccccc3-c3ccccc32)cc1.Cc1ccc(Cc2ccc(N3C(=O)c4ccc(Cc5ccc6c(c5)C(=O)N(C)C6=O)cc4C3=O)c(C(=O)OCC(O)CO)c2)cc1C(=O)OCC(O)CO. The number of hydrogen-bond donors (Lipinski definition) is 4. The van der Waals surface area contributed by atoms with Gasteiger partial charge in [-0.25, -0.2) is 19.4 Å². The van der Waals surface area contributed by atoms with Crippen LogP contribution in [-0.4, -0.2) is 142 Å². The number of rotatable bonds is 18. The third-order valence-electron chi connectivity index (χ3n) is 19.7. The summed E-state index contributed by atoms with van der Waals surface area (Å²) in [6.45, 7) is 1.59. The summed E-state index contributed by atoms with van der Waals surface area (Å²) in [7, 11) is 2.88. The molecule has 104 heavy (non-hydrogen) atoms. The monoisotopic (exact) mass is 1390 g/mol. The van der Waals surface area contributed by atoms with Crippen LogP contribution >= 0.6 is 0 Å². The molecule has 20 nitrogen and oxygen atoms in total. The van der Waals surface area contributed by atoms with Crippen LogP contribution in [0.5, 0.6) is 0 Å². The first kappa shape index (κ1) is 68.7. The summed E-state index contributed by atoms with van der Waals surface area (Å²) < 4.78 is 10.4. The summed E-state index contributed by atoms with van der Waals surface area (Å²) in [5.41, 5.74) is 15.1. The van der Waals surface area contributed by atoms with Crippen molar-refractivity contribution in [2.45, 2.75) is 50.7 Å². The lowest BCUT2D eigenvalue weighted by Crippen LogP contribution is -2.31. The molecule has 8 amide bonds. The first-order chi connectivity index (χ1) is 50.1. The summed E-state index contributed by atoms with van der Waals surface area (Å²) in [6, 6.07) is 63.3. The number of esters is 2. The molecule has 1 aliphatic carbocycles. The Bertz CT molecular complexity index is 5290. The molecule has 10 aromatic rings. The smallest absolute Gasteiger partial charge is 0.340 e. The predicted molar refractivity (Wildman–Crippen MR) is 382 cm³/mol. The van der Waals surface area contributed by atoms with Crippen molar-refractivity contribution >= 4 is 70.6 Å². The summed E-state index contributed by atoms with van der Waals surface area (Å²) in [5, 5.41) is 37.7. The van der Waals surface area contributed by atoms with Crippen molar-refractivity contribution in [2.24, 2.45) is 0 Å². The van der Waals surface area contributed by atoms with E-state index < -0.39 is 73.7 Å². The van der Waals surface area contributed by atoms with E-state index >= 15 is 0 Å². The van der Waals surface area contributed by atoms with Crippen LogP contribution in [0.1, 0.15) is 170 Å². The summed E-state index contributed by atoms with van der Waals surface area (Å²) >= 11 is 0. The van der Waals surface area contributed by atoms with Crippen LogP contribution in [0.3, 0.4) is 0 Å². The number of carbonyl (C=O) groups is 10. The largest absolute Gasteiger partial charge is 0.459 e. The minimum atomic E-state index is -1.37. The van der Waals surface area contributed by atoms with Crippen LogP contribution in [-0.2, 0) is 34.2 Å². The van der Waals surface area contributed by atoms with Crippen LogP contribution in [0.4, 0.5) is 11.4 Å². The Balaban J connectivity index is 0.000000176. The fraction of sp³-hybridized carbons (Fsp3) is 0.167. The summed E-state index contributed by atoms with van der Waals surface area (Å²) in [4.78, 5) is 135. The molecule has 15 rings (SSSR count). The Kier molecular flexibility index (Phi) is 18.1. The number of fused-ring (bicyclic) bond motifs is 7. The van der Waals surface area contributed by atoms with Crippen LogP contribution in [0.25, 0.3) is 11.1 Å². The molecule has 20 heteroatoms. The van der Waals surface area contributed by atoms with Crippen molar-refractivity contribution in [1.29, 1.82) is 0 Å². The van der Waals surface area contributed by atoms with Crippen molar-refractivity contribution in [3.8, 4) is 11.1 Å². The van der Waals surface area contributed by atoms with Gasteiger partial charge in [-0.3, -0.25) is 48.2 Å². The van der Waals surface area contributed by atoms with Gasteiger partial charge < -0.3 is 29.9 Å². The Morgan fingerprint density at radius 1 is 0.375 bits per heavy atom. The number of carbonyl (C=O) groups excluding carboxylic acids is 10. The second kappa shape index (κ2) is 27.5. The number of nitrogens with zero attached hydrogens (tertiary/aromatic N) is 4. The van der Waals surface area contributed by atoms with Gasteiger partial charge in [0.15, 0.2) is 0 Å². The minimum absolute atomic E-state index is 0.0727. The highest BCUT2D eigenvalue weighted by atomic mass is 16.5. The average molecular weight is 1390 g/mol. The molecule has 0 fully saturated rings. The number of aliphatic hydroxyl groups is 4. The first-order valence-corrected chi connectivity index (χ1v) is 33.5. The summed E-state index contributed by atoms with van der Waals surface area (Å²) in [5.74, 6) is -5.22. The fourth-order valence-corrected chi connectivity index (χ4v) is 14.3. The van der Waals surface area contributed by atoms with Gasteiger partial charge in [-0.1, -0.05) is 133 Å². The van der Waals surface area contributed by atoms with Crippen LogP contribution < -0.4 is 9.80 Å². The molecule has 0 saturated carbocycles. The molecule has 0 bridgehead atoms. The van der Waals surface area contributed by atoms with Crippen LogP contribution in [0, 0.1) is 13.8 Å². The quantitative estimate of drug-likeness (QED) is 0.0459. The molecular weight excluding hydrogens is 1320 g/mol. The lowest BCUT2D eigenvalue weighted by Gasteiger charge is -2.34. The molecule has 2 unspecified atom stereocenters. The van der Waals surface area contributed by atoms with E-state index in [9.17, 15) is 63.3 Å². The molecule has 4 aliphatic heterocycles. The number of ether oxygens (including phenoxy) is 2. The maximum Gasteiger partial charge on any atom is 0.340 e. The fourth-order valence-electron chi connectivity index (χ4n) is 14.3. The van der Waals surface area contributed by atoms with Gasteiger partial charge in [-0.05, 0) is 184 Å². The molecule has 0 radical (unpaired) electrons.